The summed E-state index contributed by atoms with van der Waals surface area (Å²) < 4.78 is 5.73. The first-order valence-electron chi connectivity index (χ1n) is 9.57. The number of rotatable bonds is 3. The first-order chi connectivity index (χ1) is 13.5. The Morgan fingerprint density at radius 2 is 1.86 bits per heavy atom. The van der Waals surface area contributed by atoms with Crippen LogP contribution in [-0.2, 0) is 16.1 Å². The number of carbonyl (C=O) groups is 2. The number of thioether (sulfide) groups is 1. The van der Waals surface area contributed by atoms with Crippen LogP contribution in [0.25, 0.3) is 0 Å². The number of hydrogen-bond donors (Lipinski definition) is 0. The van der Waals surface area contributed by atoms with Gasteiger partial charge in [-0.15, -0.1) is 11.8 Å². The highest BCUT2D eigenvalue weighted by atomic mass is 32.2. The standard InChI is InChI=1S/C22H24N2O3S/c1-15-11-23(12-16(2)27-15)22(26)18-7-5-6-17(10-18)13-24-19-8-3-4-9-20(19)28-14-21(24)25/h3-10,15-16H,11-14H2,1-2H3. The molecule has 1 saturated heterocycles. The maximum atomic E-state index is 13.0. The Kier molecular flexibility index (Phi) is 5.42. The first-order valence-corrected chi connectivity index (χ1v) is 10.6. The molecule has 2 aliphatic heterocycles. The molecule has 28 heavy (non-hydrogen) atoms. The van der Waals surface area contributed by atoms with E-state index in [0.29, 0.717) is 31.0 Å². The highest BCUT2D eigenvalue weighted by Gasteiger charge is 2.27. The van der Waals surface area contributed by atoms with E-state index in [-0.39, 0.29) is 24.0 Å². The molecular weight excluding hydrogens is 372 g/mol. The zero-order valence-corrected chi connectivity index (χ0v) is 16.9. The van der Waals surface area contributed by atoms with E-state index in [1.165, 1.54) is 0 Å². The Balaban J connectivity index is 1.55. The monoisotopic (exact) mass is 396 g/mol. The van der Waals surface area contributed by atoms with E-state index < -0.39 is 0 Å². The molecule has 5 nitrogen and oxygen atoms in total. The summed E-state index contributed by atoms with van der Waals surface area (Å²) in [6.07, 6.45) is 0.0757. The van der Waals surface area contributed by atoms with E-state index in [9.17, 15) is 9.59 Å². The lowest BCUT2D eigenvalue weighted by atomic mass is 10.1. The van der Waals surface area contributed by atoms with Gasteiger partial charge in [0.1, 0.15) is 0 Å². The highest BCUT2D eigenvalue weighted by molar-refractivity contribution is 8.00. The molecule has 146 valence electrons. The number of fused-ring (bicyclic) bond motifs is 1. The lowest BCUT2D eigenvalue weighted by molar-refractivity contribution is -0.116. The molecule has 0 bridgehead atoms. The second-order valence-electron chi connectivity index (χ2n) is 7.40. The summed E-state index contributed by atoms with van der Waals surface area (Å²) in [5.74, 6) is 0.556. The molecule has 0 radical (unpaired) electrons. The van der Waals surface area contributed by atoms with Crippen molar-refractivity contribution in [2.24, 2.45) is 0 Å². The van der Waals surface area contributed by atoms with Crippen molar-refractivity contribution in [3.05, 3.63) is 59.7 Å². The summed E-state index contributed by atoms with van der Waals surface area (Å²) in [6, 6.07) is 15.6. The molecule has 0 aliphatic carbocycles. The van der Waals surface area contributed by atoms with Crippen molar-refractivity contribution in [2.75, 3.05) is 23.7 Å². The van der Waals surface area contributed by atoms with Gasteiger partial charge in [0, 0.05) is 23.5 Å². The van der Waals surface area contributed by atoms with Gasteiger partial charge in [-0.25, -0.2) is 0 Å². The molecule has 1 fully saturated rings. The second-order valence-corrected chi connectivity index (χ2v) is 8.42. The topological polar surface area (TPSA) is 49.9 Å². The molecule has 2 heterocycles. The molecule has 2 unspecified atom stereocenters. The molecule has 0 N–H and O–H groups in total. The van der Waals surface area contributed by atoms with Gasteiger partial charge in [-0.2, -0.15) is 0 Å². The molecular formula is C22H24N2O3S. The Morgan fingerprint density at radius 3 is 2.64 bits per heavy atom. The molecule has 2 aromatic carbocycles. The summed E-state index contributed by atoms with van der Waals surface area (Å²) in [7, 11) is 0. The molecule has 2 atom stereocenters. The van der Waals surface area contributed by atoms with Gasteiger partial charge in [-0.3, -0.25) is 9.59 Å². The van der Waals surface area contributed by atoms with Crippen molar-refractivity contribution in [1.29, 1.82) is 0 Å². The van der Waals surface area contributed by atoms with Gasteiger partial charge in [0.2, 0.25) is 5.91 Å². The quantitative estimate of drug-likeness (QED) is 0.796. The Hall–Kier alpha value is -2.31. The molecule has 2 aromatic rings. The molecule has 6 heteroatoms. The Labute approximate surface area is 169 Å². The van der Waals surface area contributed by atoms with Crippen LogP contribution < -0.4 is 4.90 Å². The average molecular weight is 397 g/mol. The number of amides is 2. The minimum atomic E-state index is 0.0183. The average Bonchev–Trinajstić information content (AvgIpc) is 2.69. The highest BCUT2D eigenvalue weighted by Crippen LogP contribution is 2.35. The van der Waals surface area contributed by atoms with Gasteiger partial charge < -0.3 is 14.5 Å². The van der Waals surface area contributed by atoms with E-state index >= 15 is 0 Å². The van der Waals surface area contributed by atoms with Crippen LogP contribution >= 0.6 is 11.8 Å². The maximum Gasteiger partial charge on any atom is 0.254 e. The predicted molar refractivity (Wildman–Crippen MR) is 111 cm³/mol. The van der Waals surface area contributed by atoms with Crippen LogP contribution in [-0.4, -0.2) is 47.8 Å². The second kappa shape index (κ2) is 7.97. The third kappa shape index (κ3) is 3.93. The van der Waals surface area contributed by atoms with Crippen molar-refractivity contribution in [3.8, 4) is 0 Å². The Bertz CT molecular complexity index is 891. The van der Waals surface area contributed by atoms with Gasteiger partial charge in [0.15, 0.2) is 0 Å². The summed E-state index contributed by atoms with van der Waals surface area (Å²) in [5.41, 5.74) is 2.55. The van der Waals surface area contributed by atoms with Crippen molar-refractivity contribution < 1.29 is 14.3 Å². The molecule has 0 saturated carbocycles. The van der Waals surface area contributed by atoms with Crippen molar-refractivity contribution >= 4 is 29.3 Å². The van der Waals surface area contributed by atoms with Gasteiger partial charge in [-0.1, -0.05) is 24.3 Å². The van der Waals surface area contributed by atoms with Crippen LogP contribution in [0.15, 0.2) is 53.4 Å². The number of anilines is 1. The minimum absolute atomic E-state index is 0.0183. The van der Waals surface area contributed by atoms with Crippen LogP contribution in [0.4, 0.5) is 5.69 Å². The number of nitrogens with zero attached hydrogens (tertiary/aromatic N) is 2. The molecule has 4 rings (SSSR count). The number of morpholine rings is 1. The summed E-state index contributed by atoms with van der Waals surface area (Å²) in [4.78, 5) is 30.3. The number of benzene rings is 2. The molecule has 2 amide bonds. The fraction of sp³-hybridized carbons (Fsp3) is 0.364. The SMILES string of the molecule is CC1CN(C(=O)c2cccc(CN3C(=O)CSc4ccccc43)c2)CC(C)O1. The molecule has 0 aromatic heterocycles. The lowest BCUT2D eigenvalue weighted by Crippen LogP contribution is -2.48. The third-order valence-corrected chi connectivity index (χ3v) is 6.08. The van der Waals surface area contributed by atoms with E-state index in [1.54, 1.807) is 11.8 Å². The van der Waals surface area contributed by atoms with Crippen molar-refractivity contribution in [2.45, 2.75) is 37.5 Å². The van der Waals surface area contributed by atoms with Crippen LogP contribution in [0.5, 0.6) is 0 Å². The fourth-order valence-corrected chi connectivity index (χ4v) is 4.77. The molecule has 0 spiro atoms. The van der Waals surface area contributed by atoms with Gasteiger partial charge in [-0.05, 0) is 43.7 Å². The van der Waals surface area contributed by atoms with Crippen LogP contribution in [0.2, 0.25) is 0 Å². The largest absolute Gasteiger partial charge is 0.372 e. The van der Waals surface area contributed by atoms with E-state index in [1.807, 2.05) is 72.2 Å². The summed E-state index contributed by atoms with van der Waals surface area (Å²) in [5, 5.41) is 0. The number of hydrogen-bond acceptors (Lipinski definition) is 4. The van der Waals surface area contributed by atoms with Crippen LogP contribution in [0.1, 0.15) is 29.8 Å². The van der Waals surface area contributed by atoms with E-state index in [0.717, 1.165) is 16.1 Å². The normalized spacial score (nSPS) is 22.1. The maximum absolute atomic E-state index is 13.0. The lowest BCUT2D eigenvalue weighted by Gasteiger charge is -2.35. The zero-order chi connectivity index (χ0) is 19.7. The Morgan fingerprint density at radius 1 is 1.11 bits per heavy atom. The van der Waals surface area contributed by atoms with Crippen molar-refractivity contribution in [1.82, 2.24) is 4.90 Å². The van der Waals surface area contributed by atoms with E-state index in [4.69, 9.17) is 4.74 Å². The van der Waals surface area contributed by atoms with Gasteiger partial charge in [0.25, 0.3) is 5.91 Å². The predicted octanol–water partition coefficient (Wildman–Crippen LogP) is 3.57. The third-order valence-electron chi connectivity index (χ3n) is 5.03. The number of para-hydroxylation sites is 1. The van der Waals surface area contributed by atoms with Crippen LogP contribution in [0.3, 0.4) is 0 Å². The summed E-state index contributed by atoms with van der Waals surface area (Å²) >= 11 is 1.57. The van der Waals surface area contributed by atoms with Crippen LogP contribution in [0, 0.1) is 0 Å². The van der Waals surface area contributed by atoms with Crippen molar-refractivity contribution in [3.63, 3.8) is 0 Å². The van der Waals surface area contributed by atoms with Gasteiger partial charge in [0.05, 0.1) is 30.2 Å². The first kappa shape index (κ1) is 19.0. The minimum Gasteiger partial charge on any atom is -0.372 e. The number of ether oxygens (including phenoxy) is 1. The fourth-order valence-electron chi connectivity index (χ4n) is 3.84. The van der Waals surface area contributed by atoms with E-state index in [2.05, 4.69) is 0 Å². The number of carbonyl (C=O) groups excluding carboxylic acids is 2. The smallest absolute Gasteiger partial charge is 0.254 e. The van der Waals surface area contributed by atoms with Gasteiger partial charge >= 0.3 is 0 Å². The molecule has 2 aliphatic rings. The summed E-state index contributed by atoms with van der Waals surface area (Å²) in [6.45, 7) is 5.65. The zero-order valence-electron chi connectivity index (χ0n) is 16.1.